The molecule has 2 fully saturated rings. The highest BCUT2D eigenvalue weighted by Crippen LogP contribution is 2.41. The number of carbonyl (C=O) groups excluding carboxylic acids is 1. The Bertz CT molecular complexity index is 1370. The zero-order chi connectivity index (χ0) is 29.3. The fourth-order valence-electron chi connectivity index (χ4n) is 5.95. The van der Waals surface area contributed by atoms with Crippen molar-refractivity contribution in [3.63, 3.8) is 0 Å². The summed E-state index contributed by atoms with van der Waals surface area (Å²) in [4.78, 5) is 24.3. The van der Waals surface area contributed by atoms with Crippen LogP contribution in [0.3, 0.4) is 0 Å². The molecule has 8 nitrogen and oxygen atoms in total. The molecular weight excluding hydrogens is 540 g/mol. The minimum atomic E-state index is -4.73. The van der Waals surface area contributed by atoms with E-state index in [2.05, 4.69) is 17.5 Å². The number of likely N-dealkylation sites (tertiary alicyclic amines) is 1. The number of nitrogens with zero attached hydrogens (tertiary/aromatic N) is 6. The average Bonchev–Trinajstić information content (AvgIpc) is 3.38. The van der Waals surface area contributed by atoms with Gasteiger partial charge in [-0.1, -0.05) is 6.58 Å². The Morgan fingerprint density at radius 1 is 1.20 bits per heavy atom. The molecule has 3 aliphatic heterocycles. The van der Waals surface area contributed by atoms with E-state index in [1.807, 2.05) is 11.9 Å². The van der Waals surface area contributed by atoms with E-state index in [1.54, 1.807) is 9.80 Å². The molecule has 0 spiro atoms. The van der Waals surface area contributed by atoms with Gasteiger partial charge in [-0.15, -0.1) is 0 Å². The number of ether oxygens (including phenoxy) is 1. The zero-order valence-corrected chi connectivity index (χ0v) is 22.9. The first-order chi connectivity index (χ1) is 19.6. The van der Waals surface area contributed by atoms with E-state index < -0.39 is 17.6 Å². The minimum absolute atomic E-state index is 0.0390. The van der Waals surface area contributed by atoms with E-state index in [-0.39, 0.29) is 36.6 Å². The monoisotopic (exact) mass is 572 g/mol. The van der Waals surface area contributed by atoms with Crippen LogP contribution in [0.15, 0.2) is 30.9 Å². The van der Waals surface area contributed by atoms with Gasteiger partial charge in [-0.3, -0.25) is 4.79 Å². The van der Waals surface area contributed by atoms with Crippen LogP contribution < -0.4 is 14.5 Å². The van der Waals surface area contributed by atoms with Gasteiger partial charge < -0.3 is 24.3 Å². The van der Waals surface area contributed by atoms with E-state index in [0.29, 0.717) is 62.2 Å². The lowest BCUT2D eigenvalue weighted by Crippen LogP contribution is -2.49. The molecule has 0 bridgehead atoms. The van der Waals surface area contributed by atoms with Gasteiger partial charge in [-0.25, -0.2) is 9.37 Å². The summed E-state index contributed by atoms with van der Waals surface area (Å²) in [5.41, 5.74) is 1.08. The van der Waals surface area contributed by atoms with Crippen molar-refractivity contribution in [2.75, 3.05) is 62.7 Å². The molecule has 0 N–H and O–H groups in total. The molecule has 0 saturated carbocycles. The molecule has 1 aromatic carbocycles. The minimum Gasteiger partial charge on any atom is -0.475 e. The van der Waals surface area contributed by atoms with Crippen LogP contribution >= 0.6 is 0 Å². The number of benzene rings is 1. The van der Waals surface area contributed by atoms with Crippen molar-refractivity contribution < 1.29 is 27.1 Å². The van der Waals surface area contributed by atoms with Crippen molar-refractivity contribution in [1.82, 2.24) is 14.8 Å². The summed E-state index contributed by atoms with van der Waals surface area (Å²) >= 11 is 0. The molecule has 2 aromatic rings. The molecule has 1 atom stereocenters. The van der Waals surface area contributed by atoms with Crippen molar-refractivity contribution in [3.8, 4) is 11.9 Å². The molecule has 0 unspecified atom stereocenters. The number of nitriles is 1. The van der Waals surface area contributed by atoms with Crippen LogP contribution in [0.2, 0.25) is 0 Å². The van der Waals surface area contributed by atoms with E-state index in [9.17, 15) is 27.6 Å². The van der Waals surface area contributed by atoms with Crippen molar-refractivity contribution in [3.05, 3.63) is 59.1 Å². The number of hydrogen-bond donors (Lipinski definition) is 0. The number of pyridine rings is 1. The van der Waals surface area contributed by atoms with Crippen LogP contribution in [-0.4, -0.2) is 79.7 Å². The number of carbonyl (C=O) groups is 1. The second-order valence-electron chi connectivity index (χ2n) is 10.6. The van der Waals surface area contributed by atoms with Gasteiger partial charge in [-0.05, 0) is 57.1 Å². The Morgan fingerprint density at radius 2 is 1.95 bits per heavy atom. The van der Waals surface area contributed by atoms with Crippen LogP contribution in [0.1, 0.15) is 35.2 Å². The van der Waals surface area contributed by atoms with E-state index in [4.69, 9.17) is 9.72 Å². The van der Waals surface area contributed by atoms with Gasteiger partial charge >= 0.3 is 6.18 Å². The fraction of sp³-hybridized carbons (Fsp3) is 0.483. The second kappa shape index (κ2) is 11.6. The molecule has 4 heterocycles. The van der Waals surface area contributed by atoms with Crippen LogP contribution in [0.4, 0.5) is 28.9 Å². The molecular formula is C29H32F4N6O2. The number of likely N-dealkylation sites (N-methyl/N-ethyl adjacent to an activating group) is 1. The largest absolute Gasteiger partial charge is 0.475 e. The summed E-state index contributed by atoms with van der Waals surface area (Å²) in [7, 11) is 2.01. The lowest BCUT2D eigenvalue weighted by molar-refractivity contribution is -0.137. The predicted molar refractivity (Wildman–Crippen MR) is 145 cm³/mol. The molecule has 5 rings (SSSR count). The van der Waals surface area contributed by atoms with E-state index >= 15 is 0 Å². The van der Waals surface area contributed by atoms with Gasteiger partial charge in [0.15, 0.2) is 0 Å². The highest BCUT2D eigenvalue weighted by molar-refractivity contribution is 5.87. The maximum absolute atomic E-state index is 13.8. The Morgan fingerprint density at radius 3 is 2.59 bits per heavy atom. The highest BCUT2D eigenvalue weighted by atomic mass is 19.4. The SMILES string of the molecule is C=CC(=O)N1CCN(c2c(C#N)c(OC[C@@H]3CCCN3C)nc3c2CCN(c2ccc(F)cc2C(F)(F)F)C3)CC1. The number of aromatic nitrogens is 1. The number of alkyl halides is 3. The predicted octanol–water partition coefficient (Wildman–Crippen LogP) is 3.98. The summed E-state index contributed by atoms with van der Waals surface area (Å²) in [6, 6.07) is 5.13. The van der Waals surface area contributed by atoms with Crippen molar-refractivity contribution in [2.24, 2.45) is 0 Å². The first kappa shape index (κ1) is 28.7. The molecule has 2 saturated heterocycles. The van der Waals surface area contributed by atoms with Gasteiger partial charge in [0.25, 0.3) is 0 Å². The van der Waals surface area contributed by atoms with Crippen LogP contribution in [0.5, 0.6) is 5.88 Å². The summed E-state index contributed by atoms with van der Waals surface area (Å²) in [5.74, 6) is -0.968. The maximum atomic E-state index is 13.8. The Balaban J connectivity index is 1.52. The number of fused-ring (bicyclic) bond motifs is 1. The van der Waals surface area contributed by atoms with Crippen molar-refractivity contribution in [2.45, 2.75) is 38.0 Å². The molecule has 1 aromatic heterocycles. The van der Waals surface area contributed by atoms with Crippen LogP contribution in [0, 0.1) is 17.1 Å². The first-order valence-corrected chi connectivity index (χ1v) is 13.7. The van der Waals surface area contributed by atoms with Gasteiger partial charge in [0, 0.05) is 50.0 Å². The summed E-state index contributed by atoms with van der Waals surface area (Å²) in [6.45, 7) is 6.91. The highest BCUT2D eigenvalue weighted by Gasteiger charge is 2.37. The number of anilines is 2. The lowest BCUT2D eigenvalue weighted by atomic mass is 9.97. The molecule has 0 aliphatic carbocycles. The van der Waals surface area contributed by atoms with Crippen LogP contribution in [0.25, 0.3) is 0 Å². The molecule has 3 aliphatic rings. The number of hydrogen-bond acceptors (Lipinski definition) is 7. The lowest BCUT2D eigenvalue weighted by Gasteiger charge is -2.39. The van der Waals surface area contributed by atoms with Crippen molar-refractivity contribution in [1.29, 1.82) is 5.26 Å². The van der Waals surface area contributed by atoms with Gasteiger partial charge in [0.05, 0.1) is 23.5 Å². The molecule has 12 heteroatoms. The van der Waals surface area contributed by atoms with E-state index in [0.717, 1.165) is 37.1 Å². The third kappa shape index (κ3) is 5.81. The fourth-order valence-corrected chi connectivity index (χ4v) is 5.95. The van der Waals surface area contributed by atoms with E-state index in [1.165, 1.54) is 6.08 Å². The normalized spacial score (nSPS) is 19.6. The standard InChI is InChI=1S/C29H32F4N6O2/c1-3-26(40)37-11-13-38(14-12-37)27-21-8-10-39(25-7-6-19(30)15-23(25)29(31,32)33)17-24(21)35-28(22(27)16-34)41-18-20-5-4-9-36(20)2/h3,6-7,15,20H,1,4-5,8-14,17-18H2,2H3/t20-/m0/s1. The van der Waals surface area contributed by atoms with Crippen molar-refractivity contribution >= 4 is 17.3 Å². The molecule has 41 heavy (non-hydrogen) atoms. The third-order valence-electron chi connectivity index (χ3n) is 8.18. The van der Waals surface area contributed by atoms with Crippen LogP contribution in [-0.2, 0) is 23.9 Å². The summed E-state index contributed by atoms with van der Waals surface area (Å²) < 4.78 is 61.5. The molecule has 1 amide bonds. The Kier molecular flexibility index (Phi) is 8.09. The number of halogens is 4. The smallest absolute Gasteiger partial charge is 0.418 e. The van der Waals surface area contributed by atoms with Gasteiger partial charge in [-0.2, -0.15) is 18.4 Å². The number of amides is 1. The number of rotatable bonds is 6. The first-order valence-electron chi connectivity index (χ1n) is 13.7. The molecule has 218 valence electrons. The summed E-state index contributed by atoms with van der Waals surface area (Å²) in [6.07, 6.45) is -1.13. The third-order valence-corrected chi connectivity index (χ3v) is 8.18. The number of piperazine rings is 1. The second-order valence-corrected chi connectivity index (χ2v) is 10.6. The topological polar surface area (TPSA) is 75.9 Å². The zero-order valence-electron chi connectivity index (χ0n) is 22.9. The Hall–Kier alpha value is -3.85. The van der Waals surface area contributed by atoms with Gasteiger partial charge in [0.1, 0.15) is 24.1 Å². The Labute approximate surface area is 236 Å². The maximum Gasteiger partial charge on any atom is 0.418 e. The quantitative estimate of drug-likeness (QED) is 0.383. The van der Waals surface area contributed by atoms with Gasteiger partial charge in [0.2, 0.25) is 11.8 Å². The molecule has 0 radical (unpaired) electrons. The average molecular weight is 573 g/mol. The summed E-state index contributed by atoms with van der Waals surface area (Å²) in [5, 5.41) is 10.3.